The largest absolute Gasteiger partial charge is 0.360 e. The van der Waals surface area contributed by atoms with Crippen LogP contribution in [0.4, 0.5) is 0 Å². The van der Waals surface area contributed by atoms with Gasteiger partial charge in [0.2, 0.25) is 5.91 Å². The Morgan fingerprint density at radius 3 is 2.81 bits per heavy atom. The smallest absolute Gasteiger partial charge is 0.237 e. The third kappa shape index (κ3) is 4.41. The van der Waals surface area contributed by atoms with E-state index in [1.165, 1.54) is 0 Å². The highest BCUT2D eigenvalue weighted by Crippen LogP contribution is 2.11. The van der Waals surface area contributed by atoms with E-state index >= 15 is 0 Å². The van der Waals surface area contributed by atoms with Crippen LogP contribution in [0.3, 0.4) is 0 Å². The molecule has 0 saturated carbocycles. The van der Waals surface area contributed by atoms with Crippen LogP contribution in [0.15, 0.2) is 23.2 Å². The second-order valence-corrected chi connectivity index (χ2v) is 5.46. The number of carbonyl (C=O) groups excluding carboxylic acids is 1. The van der Waals surface area contributed by atoms with Crippen molar-refractivity contribution in [2.75, 3.05) is 32.7 Å². The van der Waals surface area contributed by atoms with Crippen LogP contribution in [-0.2, 0) is 11.3 Å². The molecule has 1 saturated heterocycles. The van der Waals surface area contributed by atoms with Crippen LogP contribution < -0.4 is 5.32 Å². The lowest BCUT2D eigenvalue weighted by Crippen LogP contribution is -2.53. The van der Waals surface area contributed by atoms with E-state index in [0.29, 0.717) is 6.54 Å². The van der Waals surface area contributed by atoms with Crippen molar-refractivity contribution in [1.82, 2.24) is 20.3 Å². The fourth-order valence-electron chi connectivity index (χ4n) is 2.51. The highest BCUT2D eigenvalue weighted by Gasteiger charge is 2.25. The normalized spacial score (nSPS) is 18.4. The van der Waals surface area contributed by atoms with E-state index in [1.807, 2.05) is 19.9 Å². The maximum atomic E-state index is 11.9. The van der Waals surface area contributed by atoms with Gasteiger partial charge in [-0.15, -0.1) is 6.58 Å². The summed E-state index contributed by atoms with van der Waals surface area (Å²) in [6.07, 6.45) is 1.70. The molecule has 1 atom stereocenters. The van der Waals surface area contributed by atoms with Gasteiger partial charge < -0.3 is 9.84 Å². The van der Waals surface area contributed by atoms with Gasteiger partial charge in [0, 0.05) is 38.8 Å². The van der Waals surface area contributed by atoms with Crippen LogP contribution >= 0.6 is 0 Å². The molecule has 1 aromatic rings. The maximum Gasteiger partial charge on any atom is 0.237 e. The van der Waals surface area contributed by atoms with Crippen LogP contribution in [0.5, 0.6) is 0 Å². The summed E-state index contributed by atoms with van der Waals surface area (Å²) in [6, 6.07) is 1.87. The number of piperazine rings is 1. The fraction of sp³-hybridized carbons (Fsp3) is 0.600. The summed E-state index contributed by atoms with van der Waals surface area (Å²) in [5.41, 5.74) is 0.913. The van der Waals surface area contributed by atoms with Gasteiger partial charge in [0.1, 0.15) is 0 Å². The number of amides is 1. The molecule has 1 fully saturated rings. The first-order valence-electron chi connectivity index (χ1n) is 7.37. The van der Waals surface area contributed by atoms with Crippen LogP contribution in [0.1, 0.15) is 18.4 Å². The molecule has 0 bridgehead atoms. The molecule has 0 spiro atoms. The molecule has 0 radical (unpaired) electrons. The SMILES string of the molecule is C=CCNC(=O)[C@@H](C)N1CCN(Cc2cc(C)no2)CC1. The minimum absolute atomic E-state index is 0.0641. The zero-order valence-electron chi connectivity index (χ0n) is 12.8. The first-order chi connectivity index (χ1) is 10.1. The highest BCUT2D eigenvalue weighted by molar-refractivity contribution is 5.81. The average Bonchev–Trinajstić information content (AvgIpc) is 2.90. The van der Waals surface area contributed by atoms with Gasteiger partial charge in [-0.1, -0.05) is 11.2 Å². The van der Waals surface area contributed by atoms with Crippen molar-refractivity contribution in [3.05, 3.63) is 30.2 Å². The zero-order valence-corrected chi connectivity index (χ0v) is 12.8. The van der Waals surface area contributed by atoms with Gasteiger partial charge in [-0.2, -0.15) is 0 Å². The Balaban J connectivity index is 1.77. The fourth-order valence-corrected chi connectivity index (χ4v) is 2.51. The summed E-state index contributed by atoms with van der Waals surface area (Å²) < 4.78 is 5.25. The lowest BCUT2D eigenvalue weighted by molar-refractivity contribution is -0.126. The van der Waals surface area contributed by atoms with E-state index in [0.717, 1.165) is 44.2 Å². The van der Waals surface area contributed by atoms with E-state index in [9.17, 15) is 4.79 Å². The molecule has 2 heterocycles. The Hall–Kier alpha value is -1.66. The van der Waals surface area contributed by atoms with E-state index in [1.54, 1.807) is 6.08 Å². The van der Waals surface area contributed by atoms with E-state index in [-0.39, 0.29) is 11.9 Å². The summed E-state index contributed by atoms with van der Waals surface area (Å²) in [7, 11) is 0. The Morgan fingerprint density at radius 2 is 2.24 bits per heavy atom. The summed E-state index contributed by atoms with van der Waals surface area (Å²) >= 11 is 0. The molecule has 116 valence electrons. The summed E-state index contributed by atoms with van der Waals surface area (Å²) in [4.78, 5) is 16.5. The van der Waals surface area contributed by atoms with Crippen molar-refractivity contribution in [3.8, 4) is 0 Å². The molecule has 0 aliphatic carbocycles. The van der Waals surface area contributed by atoms with Crippen LogP contribution in [0, 0.1) is 6.92 Å². The molecular formula is C15H24N4O2. The first kappa shape index (κ1) is 15.7. The molecule has 0 unspecified atom stereocenters. The van der Waals surface area contributed by atoms with Crippen molar-refractivity contribution >= 4 is 5.91 Å². The number of aromatic nitrogens is 1. The van der Waals surface area contributed by atoms with Crippen molar-refractivity contribution in [2.24, 2.45) is 0 Å². The Labute approximate surface area is 125 Å². The Bertz CT molecular complexity index is 478. The zero-order chi connectivity index (χ0) is 15.2. The average molecular weight is 292 g/mol. The number of hydrogen-bond acceptors (Lipinski definition) is 5. The molecule has 6 nitrogen and oxygen atoms in total. The Morgan fingerprint density at radius 1 is 1.52 bits per heavy atom. The number of carbonyl (C=O) groups is 1. The Kier molecular flexibility index (Phi) is 5.52. The van der Waals surface area contributed by atoms with Gasteiger partial charge in [0.15, 0.2) is 5.76 Å². The van der Waals surface area contributed by atoms with Crippen molar-refractivity contribution in [1.29, 1.82) is 0 Å². The monoisotopic (exact) mass is 292 g/mol. The van der Waals surface area contributed by atoms with E-state index in [4.69, 9.17) is 4.52 Å². The van der Waals surface area contributed by atoms with E-state index in [2.05, 4.69) is 26.9 Å². The molecule has 1 aromatic heterocycles. The lowest BCUT2D eigenvalue weighted by Gasteiger charge is -2.36. The minimum Gasteiger partial charge on any atom is -0.360 e. The molecule has 1 aliphatic heterocycles. The number of rotatable bonds is 6. The summed E-state index contributed by atoms with van der Waals surface area (Å²) in [5.74, 6) is 0.965. The van der Waals surface area contributed by atoms with Gasteiger partial charge >= 0.3 is 0 Å². The van der Waals surface area contributed by atoms with Crippen LogP contribution in [0.2, 0.25) is 0 Å². The number of nitrogens with one attached hydrogen (secondary N) is 1. The molecule has 6 heteroatoms. The summed E-state index contributed by atoms with van der Waals surface area (Å²) in [5, 5.41) is 6.75. The molecular weight excluding hydrogens is 268 g/mol. The lowest BCUT2D eigenvalue weighted by atomic mass is 10.2. The van der Waals surface area contributed by atoms with E-state index < -0.39 is 0 Å². The third-order valence-corrected chi connectivity index (χ3v) is 3.81. The highest BCUT2D eigenvalue weighted by atomic mass is 16.5. The second-order valence-electron chi connectivity index (χ2n) is 5.46. The standard InChI is InChI=1S/C15H24N4O2/c1-4-5-16-15(20)13(3)19-8-6-18(7-9-19)11-14-10-12(2)17-21-14/h4,10,13H,1,5-9,11H2,2-3H3,(H,16,20)/t13-/m1/s1. The maximum absolute atomic E-state index is 11.9. The van der Waals surface area contributed by atoms with Crippen molar-refractivity contribution in [2.45, 2.75) is 26.4 Å². The molecule has 0 aromatic carbocycles. The quantitative estimate of drug-likeness (QED) is 0.786. The third-order valence-electron chi connectivity index (χ3n) is 3.81. The van der Waals surface area contributed by atoms with Gasteiger partial charge in [0.05, 0.1) is 18.3 Å². The minimum atomic E-state index is -0.0976. The van der Waals surface area contributed by atoms with Crippen molar-refractivity contribution in [3.63, 3.8) is 0 Å². The number of nitrogens with zero attached hydrogens (tertiary/aromatic N) is 3. The number of hydrogen-bond donors (Lipinski definition) is 1. The van der Waals surface area contributed by atoms with Gasteiger partial charge in [0.25, 0.3) is 0 Å². The number of aryl methyl sites for hydroxylation is 1. The van der Waals surface area contributed by atoms with Gasteiger partial charge in [-0.3, -0.25) is 14.6 Å². The topological polar surface area (TPSA) is 61.6 Å². The second kappa shape index (κ2) is 7.38. The molecule has 1 amide bonds. The molecule has 2 rings (SSSR count). The summed E-state index contributed by atoms with van der Waals surface area (Å²) in [6.45, 7) is 12.4. The molecule has 1 N–H and O–H groups in total. The van der Waals surface area contributed by atoms with Crippen molar-refractivity contribution < 1.29 is 9.32 Å². The molecule has 21 heavy (non-hydrogen) atoms. The molecule has 1 aliphatic rings. The van der Waals surface area contributed by atoms with Crippen LogP contribution in [0.25, 0.3) is 0 Å². The predicted octanol–water partition coefficient (Wildman–Crippen LogP) is 0.791. The van der Waals surface area contributed by atoms with Gasteiger partial charge in [-0.25, -0.2) is 0 Å². The van der Waals surface area contributed by atoms with Crippen LogP contribution in [-0.4, -0.2) is 59.6 Å². The predicted molar refractivity (Wildman–Crippen MR) is 80.8 cm³/mol. The first-order valence-corrected chi connectivity index (χ1v) is 7.37. The van der Waals surface area contributed by atoms with Gasteiger partial charge in [-0.05, 0) is 13.8 Å².